The number of hydrogen-bond acceptors (Lipinski definition) is 5. The second kappa shape index (κ2) is 9.65. The van der Waals surface area contributed by atoms with Crippen molar-refractivity contribution >= 4 is 17.3 Å². The summed E-state index contributed by atoms with van der Waals surface area (Å²) in [5, 5.41) is 11.7. The highest BCUT2D eigenvalue weighted by Crippen LogP contribution is 2.30. The summed E-state index contributed by atoms with van der Waals surface area (Å²) in [5.74, 6) is -0.149. The Morgan fingerprint density at radius 1 is 0.848 bits per heavy atom. The van der Waals surface area contributed by atoms with Crippen LogP contribution in [-0.4, -0.2) is 39.0 Å². The fraction of sp³-hybridized carbons (Fsp3) is 0.231. The number of benzene rings is 2. The average molecular weight is 439 g/mol. The van der Waals surface area contributed by atoms with E-state index in [1.807, 2.05) is 54.6 Å². The van der Waals surface area contributed by atoms with Gasteiger partial charge in [0.05, 0.1) is 5.69 Å². The number of hydrogen-bond donors (Lipinski definition) is 1. The first-order valence-electron chi connectivity index (χ1n) is 11.3. The second-order valence-corrected chi connectivity index (χ2v) is 8.19. The van der Waals surface area contributed by atoms with Crippen LogP contribution in [0.25, 0.3) is 22.5 Å². The maximum atomic E-state index is 12.9. The van der Waals surface area contributed by atoms with Gasteiger partial charge in [0, 0.05) is 48.0 Å². The van der Waals surface area contributed by atoms with Crippen LogP contribution in [0.5, 0.6) is 0 Å². The number of rotatable bonds is 6. The van der Waals surface area contributed by atoms with Gasteiger partial charge in [0.25, 0.3) is 0 Å². The SMILES string of the molecule is O=C(Cn1nnc(-c2ccncc2)c1-c1ccccc1)Nc1ccc(N2CCCCC2)cc1. The standard InChI is InChI=1S/C26H26N6O/c33-24(28-22-9-11-23(12-10-22)31-17-5-2-6-18-31)19-32-26(21-7-3-1-4-8-21)25(29-30-32)20-13-15-27-16-14-20/h1,3-4,7-16H,2,5-6,17-19H2,(H,28,33). The van der Waals surface area contributed by atoms with Crippen LogP contribution >= 0.6 is 0 Å². The summed E-state index contributed by atoms with van der Waals surface area (Å²) in [7, 11) is 0. The van der Waals surface area contributed by atoms with E-state index in [9.17, 15) is 4.79 Å². The molecule has 0 atom stereocenters. The number of anilines is 2. The van der Waals surface area contributed by atoms with E-state index in [0.29, 0.717) is 0 Å². The van der Waals surface area contributed by atoms with E-state index in [1.165, 1.54) is 24.9 Å². The summed E-state index contributed by atoms with van der Waals surface area (Å²) < 4.78 is 1.66. The van der Waals surface area contributed by atoms with Gasteiger partial charge in [-0.05, 0) is 55.7 Å². The molecule has 2 aromatic carbocycles. The molecule has 7 heteroatoms. The number of nitrogens with one attached hydrogen (secondary N) is 1. The van der Waals surface area contributed by atoms with Crippen LogP contribution in [0.15, 0.2) is 79.1 Å². The molecule has 166 valence electrons. The molecule has 33 heavy (non-hydrogen) atoms. The van der Waals surface area contributed by atoms with Crippen LogP contribution < -0.4 is 10.2 Å². The van der Waals surface area contributed by atoms with Crippen LogP contribution in [0, 0.1) is 0 Å². The molecular weight excluding hydrogens is 412 g/mol. The first-order chi connectivity index (χ1) is 16.3. The Labute approximate surface area is 193 Å². The average Bonchev–Trinajstić information content (AvgIpc) is 3.29. The number of aromatic nitrogens is 4. The molecule has 5 rings (SSSR count). The minimum absolute atomic E-state index is 0.0657. The quantitative estimate of drug-likeness (QED) is 0.475. The third-order valence-corrected chi connectivity index (χ3v) is 5.90. The summed E-state index contributed by atoms with van der Waals surface area (Å²) in [6.45, 7) is 2.26. The molecule has 1 fully saturated rings. The maximum absolute atomic E-state index is 12.9. The van der Waals surface area contributed by atoms with E-state index >= 15 is 0 Å². The number of nitrogens with zero attached hydrogens (tertiary/aromatic N) is 5. The minimum atomic E-state index is -0.149. The van der Waals surface area contributed by atoms with Crippen molar-refractivity contribution in [1.82, 2.24) is 20.0 Å². The van der Waals surface area contributed by atoms with Crippen molar-refractivity contribution in [2.24, 2.45) is 0 Å². The lowest BCUT2D eigenvalue weighted by Crippen LogP contribution is -2.29. The zero-order valence-corrected chi connectivity index (χ0v) is 18.4. The van der Waals surface area contributed by atoms with Crippen LogP contribution in [0.2, 0.25) is 0 Å². The largest absolute Gasteiger partial charge is 0.372 e. The summed E-state index contributed by atoms with van der Waals surface area (Å²) in [4.78, 5) is 19.4. The molecule has 0 radical (unpaired) electrons. The fourth-order valence-electron chi connectivity index (χ4n) is 4.25. The van der Waals surface area contributed by atoms with Gasteiger partial charge < -0.3 is 10.2 Å². The Morgan fingerprint density at radius 3 is 2.30 bits per heavy atom. The van der Waals surface area contributed by atoms with Crippen LogP contribution in [0.1, 0.15) is 19.3 Å². The highest BCUT2D eigenvalue weighted by Gasteiger charge is 2.18. The minimum Gasteiger partial charge on any atom is -0.372 e. The number of carbonyl (C=O) groups is 1. The summed E-state index contributed by atoms with van der Waals surface area (Å²) in [6.07, 6.45) is 7.23. The van der Waals surface area contributed by atoms with Gasteiger partial charge >= 0.3 is 0 Å². The Morgan fingerprint density at radius 2 is 1.58 bits per heavy atom. The lowest BCUT2D eigenvalue weighted by Gasteiger charge is -2.28. The molecule has 0 bridgehead atoms. The van der Waals surface area contributed by atoms with Gasteiger partial charge in [0.2, 0.25) is 5.91 Å². The first kappa shape index (κ1) is 20.9. The normalized spacial score (nSPS) is 13.6. The number of pyridine rings is 1. The van der Waals surface area contributed by atoms with Gasteiger partial charge in [-0.25, -0.2) is 4.68 Å². The molecule has 3 heterocycles. The van der Waals surface area contributed by atoms with E-state index in [0.717, 1.165) is 41.3 Å². The van der Waals surface area contributed by atoms with Crippen LogP contribution in [-0.2, 0) is 11.3 Å². The monoisotopic (exact) mass is 438 g/mol. The van der Waals surface area contributed by atoms with Gasteiger partial charge in [-0.15, -0.1) is 5.10 Å². The van der Waals surface area contributed by atoms with Gasteiger partial charge in [-0.1, -0.05) is 35.5 Å². The molecule has 1 aliphatic rings. The van der Waals surface area contributed by atoms with Crippen molar-refractivity contribution < 1.29 is 4.79 Å². The van der Waals surface area contributed by atoms with Crippen LogP contribution in [0.4, 0.5) is 11.4 Å². The molecule has 4 aromatic rings. The second-order valence-electron chi connectivity index (χ2n) is 8.19. The topological polar surface area (TPSA) is 75.9 Å². The molecule has 1 saturated heterocycles. The van der Waals surface area contributed by atoms with Gasteiger partial charge in [-0.2, -0.15) is 0 Å². The first-order valence-corrected chi connectivity index (χ1v) is 11.3. The lowest BCUT2D eigenvalue weighted by atomic mass is 10.1. The van der Waals surface area contributed by atoms with Crippen molar-refractivity contribution in [3.63, 3.8) is 0 Å². The van der Waals surface area contributed by atoms with Crippen LogP contribution in [0.3, 0.4) is 0 Å². The van der Waals surface area contributed by atoms with Crippen molar-refractivity contribution in [1.29, 1.82) is 0 Å². The van der Waals surface area contributed by atoms with Crippen molar-refractivity contribution in [2.45, 2.75) is 25.8 Å². The highest BCUT2D eigenvalue weighted by molar-refractivity contribution is 5.91. The molecule has 0 spiro atoms. The molecule has 1 N–H and O–H groups in total. The summed E-state index contributed by atoms with van der Waals surface area (Å²) in [5.41, 5.74) is 5.37. The molecule has 7 nitrogen and oxygen atoms in total. The number of carbonyl (C=O) groups excluding carboxylic acids is 1. The molecule has 0 unspecified atom stereocenters. The Kier molecular flexibility index (Phi) is 6.10. The smallest absolute Gasteiger partial charge is 0.246 e. The van der Waals surface area contributed by atoms with E-state index in [-0.39, 0.29) is 12.5 Å². The van der Waals surface area contributed by atoms with Gasteiger partial charge in [0.15, 0.2) is 0 Å². The highest BCUT2D eigenvalue weighted by atomic mass is 16.2. The molecular formula is C26H26N6O. The predicted octanol–water partition coefficient (Wildman–Crippen LogP) is 4.64. The lowest BCUT2D eigenvalue weighted by molar-refractivity contribution is -0.116. The van der Waals surface area contributed by atoms with E-state index in [2.05, 4.69) is 37.6 Å². The summed E-state index contributed by atoms with van der Waals surface area (Å²) in [6, 6.07) is 21.8. The zero-order chi connectivity index (χ0) is 22.5. The number of amides is 1. The van der Waals surface area contributed by atoms with Gasteiger partial charge in [0.1, 0.15) is 12.2 Å². The third kappa shape index (κ3) is 4.77. The Balaban J connectivity index is 1.35. The van der Waals surface area contributed by atoms with E-state index < -0.39 is 0 Å². The van der Waals surface area contributed by atoms with Crippen molar-refractivity contribution in [3.8, 4) is 22.5 Å². The predicted molar refractivity (Wildman–Crippen MR) is 130 cm³/mol. The molecule has 0 saturated carbocycles. The molecule has 1 aliphatic heterocycles. The number of piperidine rings is 1. The Bertz CT molecular complexity index is 1200. The van der Waals surface area contributed by atoms with E-state index in [1.54, 1.807) is 17.1 Å². The maximum Gasteiger partial charge on any atom is 0.246 e. The Hall–Kier alpha value is -4.00. The van der Waals surface area contributed by atoms with E-state index in [4.69, 9.17) is 0 Å². The third-order valence-electron chi connectivity index (χ3n) is 5.90. The van der Waals surface area contributed by atoms with Crippen molar-refractivity contribution in [3.05, 3.63) is 79.1 Å². The molecule has 0 aliphatic carbocycles. The zero-order valence-electron chi connectivity index (χ0n) is 18.4. The molecule has 2 aromatic heterocycles. The van der Waals surface area contributed by atoms with Gasteiger partial charge in [-0.3, -0.25) is 9.78 Å². The summed E-state index contributed by atoms with van der Waals surface area (Å²) >= 11 is 0. The molecule has 1 amide bonds. The van der Waals surface area contributed by atoms with Crippen molar-refractivity contribution in [2.75, 3.05) is 23.3 Å². The fourth-order valence-corrected chi connectivity index (χ4v) is 4.25.